The maximum absolute atomic E-state index is 13.2. The molecule has 0 radical (unpaired) electrons. The number of carbonyl (C=O) groups is 3. The lowest BCUT2D eigenvalue weighted by Gasteiger charge is -2.36. The van der Waals surface area contributed by atoms with E-state index >= 15 is 0 Å². The van der Waals surface area contributed by atoms with Gasteiger partial charge in [-0.05, 0) is 6.07 Å². The maximum Gasteiger partial charge on any atom is 0.329 e. The number of hydrogen-bond donors (Lipinski definition) is 2. The summed E-state index contributed by atoms with van der Waals surface area (Å²) in [6.07, 6.45) is 1.81. The van der Waals surface area contributed by atoms with Crippen molar-refractivity contribution in [3.05, 3.63) is 47.5 Å². The van der Waals surface area contributed by atoms with Crippen molar-refractivity contribution in [2.24, 2.45) is 0 Å². The molecular formula is C20H24N4O6. The van der Waals surface area contributed by atoms with Crippen LogP contribution < -0.4 is 10.1 Å². The highest BCUT2D eigenvalue weighted by Crippen LogP contribution is 2.37. The van der Waals surface area contributed by atoms with E-state index in [0.717, 1.165) is 11.3 Å². The number of hydrogen-bond acceptors (Lipinski definition) is 7. The molecule has 10 heteroatoms. The Balaban J connectivity index is 1.93. The van der Waals surface area contributed by atoms with Crippen molar-refractivity contribution >= 4 is 18.0 Å². The molecule has 2 unspecified atom stereocenters. The lowest BCUT2D eigenvalue weighted by molar-refractivity contribution is -0.149. The average Bonchev–Trinajstić information content (AvgIpc) is 3.26. The molecule has 1 aliphatic heterocycles. The third-order valence-electron chi connectivity index (χ3n) is 5.00. The molecule has 1 aromatic heterocycles. The van der Waals surface area contributed by atoms with Crippen LogP contribution in [0.3, 0.4) is 0 Å². The van der Waals surface area contributed by atoms with Crippen molar-refractivity contribution in [3.63, 3.8) is 0 Å². The Morgan fingerprint density at radius 3 is 2.70 bits per heavy atom. The second kappa shape index (κ2) is 9.29. The van der Waals surface area contributed by atoms with Gasteiger partial charge in [0, 0.05) is 24.2 Å². The standard InChI is InChI=1S/C20H24N4O6/c1-28-15-7-5-4-6-12(15)18-17-13(21-11-22-17)8-9-24(18)20(27)23-14(19(26)30-3)10-16(25)29-2/h4-7,11,14,18H,8-10H2,1-3H3,(H,21,22)(H,23,27). The highest BCUT2D eigenvalue weighted by atomic mass is 16.5. The Hall–Kier alpha value is -3.56. The fourth-order valence-electron chi connectivity index (χ4n) is 3.52. The number of H-pyrrole nitrogens is 1. The molecule has 0 saturated carbocycles. The summed E-state index contributed by atoms with van der Waals surface area (Å²) < 4.78 is 14.8. The van der Waals surface area contributed by atoms with Crippen LogP contribution in [0.4, 0.5) is 4.79 Å². The molecule has 3 rings (SSSR count). The minimum absolute atomic E-state index is 0.338. The van der Waals surface area contributed by atoms with Gasteiger partial charge in [0.2, 0.25) is 0 Å². The first-order valence-electron chi connectivity index (χ1n) is 9.37. The van der Waals surface area contributed by atoms with Crippen LogP contribution in [-0.4, -0.2) is 66.8 Å². The van der Waals surface area contributed by atoms with Crippen molar-refractivity contribution in [2.75, 3.05) is 27.9 Å². The van der Waals surface area contributed by atoms with E-state index in [1.165, 1.54) is 14.2 Å². The summed E-state index contributed by atoms with van der Waals surface area (Å²) >= 11 is 0. The second-order valence-electron chi connectivity index (χ2n) is 6.66. The first-order valence-corrected chi connectivity index (χ1v) is 9.37. The lowest BCUT2D eigenvalue weighted by atomic mass is 9.95. The van der Waals surface area contributed by atoms with Gasteiger partial charge in [-0.25, -0.2) is 14.6 Å². The molecule has 30 heavy (non-hydrogen) atoms. The Kier molecular flexibility index (Phi) is 6.55. The molecule has 1 aliphatic rings. The zero-order valence-corrected chi connectivity index (χ0v) is 17.0. The van der Waals surface area contributed by atoms with Gasteiger partial charge in [-0.2, -0.15) is 0 Å². The number of nitrogens with one attached hydrogen (secondary N) is 2. The largest absolute Gasteiger partial charge is 0.496 e. The van der Waals surface area contributed by atoms with Gasteiger partial charge in [-0.1, -0.05) is 18.2 Å². The third-order valence-corrected chi connectivity index (χ3v) is 5.00. The first-order chi connectivity index (χ1) is 14.5. The molecule has 0 bridgehead atoms. The summed E-state index contributed by atoms with van der Waals surface area (Å²) in [5.41, 5.74) is 2.38. The quantitative estimate of drug-likeness (QED) is 0.678. The molecule has 2 amide bonds. The van der Waals surface area contributed by atoms with E-state index in [1.807, 2.05) is 18.2 Å². The molecule has 160 valence electrons. The number of imidazole rings is 1. The van der Waals surface area contributed by atoms with E-state index in [9.17, 15) is 14.4 Å². The predicted octanol–water partition coefficient (Wildman–Crippen LogP) is 1.18. The SMILES string of the molecule is COC(=O)CC(NC(=O)N1CCc2[nH]cnc2C1c1ccccc1OC)C(=O)OC. The molecule has 0 saturated heterocycles. The van der Waals surface area contributed by atoms with Gasteiger partial charge in [0.25, 0.3) is 0 Å². The molecule has 2 heterocycles. The van der Waals surface area contributed by atoms with Crippen molar-refractivity contribution in [1.29, 1.82) is 0 Å². The molecule has 0 spiro atoms. The molecule has 10 nitrogen and oxygen atoms in total. The van der Waals surface area contributed by atoms with Crippen LogP contribution in [0, 0.1) is 0 Å². The van der Waals surface area contributed by atoms with Crippen molar-refractivity contribution in [2.45, 2.75) is 24.9 Å². The lowest BCUT2D eigenvalue weighted by Crippen LogP contribution is -2.52. The molecule has 2 N–H and O–H groups in total. The number of para-hydroxylation sites is 1. The van der Waals surface area contributed by atoms with Crippen LogP contribution in [0.2, 0.25) is 0 Å². The van der Waals surface area contributed by atoms with Crippen LogP contribution in [0.15, 0.2) is 30.6 Å². The zero-order valence-electron chi connectivity index (χ0n) is 17.0. The number of urea groups is 1. The third kappa shape index (κ3) is 4.22. The fourth-order valence-corrected chi connectivity index (χ4v) is 3.52. The Morgan fingerprint density at radius 1 is 1.23 bits per heavy atom. The Labute approximate surface area is 173 Å². The Bertz CT molecular complexity index is 928. The van der Waals surface area contributed by atoms with Crippen LogP contribution in [0.5, 0.6) is 5.75 Å². The predicted molar refractivity (Wildman–Crippen MR) is 105 cm³/mol. The van der Waals surface area contributed by atoms with E-state index in [4.69, 9.17) is 9.47 Å². The second-order valence-corrected chi connectivity index (χ2v) is 6.66. The van der Waals surface area contributed by atoms with E-state index in [2.05, 4.69) is 20.0 Å². The van der Waals surface area contributed by atoms with Gasteiger partial charge in [-0.3, -0.25) is 4.79 Å². The van der Waals surface area contributed by atoms with E-state index in [0.29, 0.717) is 24.4 Å². The van der Waals surface area contributed by atoms with Gasteiger partial charge in [0.05, 0.1) is 39.8 Å². The van der Waals surface area contributed by atoms with Crippen LogP contribution >= 0.6 is 0 Å². The maximum atomic E-state index is 13.2. The number of ether oxygens (including phenoxy) is 3. The summed E-state index contributed by atoms with van der Waals surface area (Å²) in [6, 6.07) is 5.12. The summed E-state index contributed by atoms with van der Waals surface area (Å²) in [5.74, 6) is -0.768. The van der Waals surface area contributed by atoms with Gasteiger partial charge in [-0.15, -0.1) is 0 Å². The van der Waals surface area contributed by atoms with Gasteiger partial charge in [0.1, 0.15) is 17.8 Å². The number of nitrogens with zero attached hydrogens (tertiary/aromatic N) is 2. The van der Waals surface area contributed by atoms with Gasteiger partial charge < -0.3 is 29.4 Å². The number of carbonyl (C=O) groups excluding carboxylic acids is 3. The molecule has 2 atom stereocenters. The first kappa shape index (κ1) is 21.2. The number of amides is 2. The normalized spacial score (nSPS) is 16.2. The van der Waals surface area contributed by atoms with Crippen molar-refractivity contribution in [3.8, 4) is 5.75 Å². The minimum Gasteiger partial charge on any atom is -0.496 e. The number of aromatic amines is 1. The zero-order chi connectivity index (χ0) is 21.7. The fraction of sp³-hybridized carbons (Fsp3) is 0.400. The van der Waals surface area contributed by atoms with Crippen LogP contribution in [-0.2, 0) is 25.5 Å². The van der Waals surface area contributed by atoms with Crippen molar-refractivity contribution < 1.29 is 28.6 Å². The number of aromatic nitrogens is 2. The molecule has 0 fully saturated rings. The summed E-state index contributed by atoms with van der Waals surface area (Å²) in [6.45, 7) is 0.371. The number of methoxy groups -OCH3 is 3. The van der Waals surface area contributed by atoms with E-state index in [-0.39, 0.29) is 6.42 Å². The van der Waals surface area contributed by atoms with Crippen LogP contribution in [0.1, 0.15) is 29.4 Å². The van der Waals surface area contributed by atoms with E-state index < -0.39 is 30.1 Å². The highest BCUT2D eigenvalue weighted by Gasteiger charge is 2.37. The monoisotopic (exact) mass is 416 g/mol. The molecule has 1 aromatic carbocycles. The number of esters is 2. The van der Waals surface area contributed by atoms with Crippen LogP contribution in [0.25, 0.3) is 0 Å². The number of fused-ring (bicyclic) bond motifs is 1. The minimum atomic E-state index is -1.17. The van der Waals surface area contributed by atoms with E-state index in [1.54, 1.807) is 24.4 Å². The number of benzene rings is 1. The number of rotatable bonds is 6. The molecule has 0 aliphatic carbocycles. The summed E-state index contributed by atoms with van der Waals surface area (Å²) in [4.78, 5) is 46.0. The van der Waals surface area contributed by atoms with Gasteiger partial charge >= 0.3 is 18.0 Å². The Morgan fingerprint density at radius 2 is 2.00 bits per heavy atom. The molecular weight excluding hydrogens is 392 g/mol. The van der Waals surface area contributed by atoms with Gasteiger partial charge in [0.15, 0.2) is 0 Å². The van der Waals surface area contributed by atoms with Crippen molar-refractivity contribution in [1.82, 2.24) is 20.2 Å². The average molecular weight is 416 g/mol. The summed E-state index contributed by atoms with van der Waals surface area (Å²) in [7, 11) is 3.95. The topological polar surface area (TPSA) is 123 Å². The molecule has 2 aromatic rings. The highest BCUT2D eigenvalue weighted by molar-refractivity contribution is 5.87. The summed E-state index contributed by atoms with van der Waals surface area (Å²) in [5, 5.41) is 2.60. The smallest absolute Gasteiger partial charge is 0.329 e.